The molecule has 0 saturated carbocycles. The Morgan fingerprint density at radius 2 is 2.73 bits per heavy atom. The van der Waals surface area contributed by atoms with Crippen molar-refractivity contribution in [1.29, 1.82) is 0 Å². The number of ether oxygens (including phenoxy) is 1. The quantitative estimate of drug-likeness (QED) is 0.337. The highest BCUT2D eigenvalue weighted by Crippen LogP contribution is 2.13. The minimum Gasteiger partial charge on any atom is -0.484 e. The van der Waals surface area contributed by atoms with E-state index in [0.717, 1.165) is 18.7 Å². The van der Waals surface area contributed by atoms with E-state index in [2.05, 4.69) is 15.0 Å². The number of methoxy groups -OCH3 is 1. The summed E-state index contributed by atoms with van der Waals surface area (Å²) in [4.78, 5) is 6.84. The molecule has 5 heteroatoms. The summed E-state index contributed by atoms with van der Waals surface area (Å²) in [6, 6.07) is 0.140. The van der Waals surface area contributed by atoms with Crippen molar-refractivity contribution in [3.05, 3.63) is 10.4 Å². The summed E-state index contributed by atoms with van der Waals surface area (Å²) >= 11 is 0. The summed E-state index contributed by atoms with van der Waals surface area (Å²) in [6.45, 7) is 0.448. The topological polar surface area (TPSA) is 70.4 Å². The zero-order valence-corrected chi connectivity index (χ0v) is 6.40. The van der Waals surface area contributed by atoms with Gasteiger partial charge in [-0.15, -0.1) is 0 Å². The second-order valence-corrected chi connectivity index (χ2v) is 2.33. The third-order valence-corrected chi connectivity index (χ3v) is 1.61. The van der Waals surface area contributed by atoms with E-state index in [0.29, 0.717) is 6.54 Å². The molecule has 60 valence electrons. The molecule has 1 rings (SSSR count). The van der Waals surface area contributed by atoms with Gasteiger partial charge in [-0.1, -0.05) is 5.11 Å². The van der Waals surface area contributed by atoms with Crippen LogP contribution in [0.3, 0.4) is 0 Å². The molecule has 0 radical (unpaired) electrons. The molecule has 0 aromatic carbocycles. The largest absolute Gasteiger partial charge is 0.484 e. The van der Waals surface area contributed by atoms with Crippen molar-refractivity contribution in [2.24, 2.45) is 10.1 Å². The maximum atomic E-state index is 8.03. The van der Waals surface area contributed by atoms with Crippen LogP contribution in [-0.2, 0) is 4.74 Å². The first-order valence-electron chi connectivity index (χ1n) is 3.48. The van der Waals surface area contributed by atoms with Crippen LogP contribution in [-0.4, -0.2) is 25.6 Å². The van der Waals surface area contributed by atoms with Crippen LogP contribution in [0.1, 0.15) is 12.8 Å². The van der Waals surface area contributed by atoms with Gasteiger partial charge < -0.3 is 4.74 Å². The van der Waals surface area contributed by atoms with E-state index in [-0.39, 0.29) is 6.04 Å². The summed E-state index contributed by atoms with van der Waals surface area (Å²) in [5.74, 6) is 0.767. The number of hydrogen-bond acceptors (Lipinski definition) is 3. The fraction of sp³-hybridized carbons (Fsp3) is 0.833. The second kappa shape index (κ2) is 3.83. The van der Waals surface area contributed by atoms with Crippen molar-refractivity contribution in [2.45, 2.75) is 18.9 Å². The number of aliphatic imine (C=N–C) groups is 1. The molecule has 0 saturated heterocycles. The lowest BCUT2D eigenvalue weighted by molar-refractivity contribution is 0.395. The molecule has 0 bridgehead atoms. The first-order valence-corrected chi connectivity index (χ1v) is 3.48. The van der Waals surface area contributed by atoms with Gasteiger partial charge >= 0.3 is 0 Å². The highest BCUT2D eigenvalue weighted by molar-refractivity contribution is 5.77. The molecule has 0 aliphatic carbocycles. The van der Waals surface area contributed by atoms with Gasteiger partial charge in [0, 0.05) is 17.9 Å². The Morgan fingerprint density at radius 1 is 1.91 bits per heavy atom. The van der Waals surface area contributed by atoms with E-state index >= 15 is 0 Å². The average molecular weight is 154 g/mol. The number of hydrogen-bond donors (Lipinski definition) is 0. The molecule has 0 aromatic heterocycles. The molecule has 0 spiro atoms. The molecular formula is C6H10N4O. The Balaban J connectivity index is 2.39. The highest BCUT2D eigenvalue weighted by Gasteiger charge is 2.16. The van der Waals surface area contributed by atoms with Gasteiger partial charge in [0.1, 0.15) is 0 Å². The molecule has 0 aromatic rings. The first kappa shape index (κ1) is 7.88. The summed E-state index contributed by atoms with van der Waals surface area (Å²) in [6.07, 6.45) is 1.80. The van der Waals surface area contributed by atoms with E-state index in [9.17, 15) is 0 Å². The van der Waals surface area contributed by atoms with Crippen LogP contribution < -0.4 is 0 Å². The smallest absolute Gasteiger partial charge is 0.183 e. The van der Waals surface area contributed by atoms with Crippen LogP contribution >= 0.6 is 0 Å². The summed E-state index contributed by atoms with van der Waals surface area (Å²) < 4.78 is 4.94. The Hall–Kier alpha value is -1.22. The normalized spacial score (nSPS) is 22.3. The molecule has 0 unspecified atom stereocenters. The average Bonchev–Trinajstić information content (AvgIpc) is 2.48. The lowest BCUT2D eigenvalue weighted by Crippen LogP contribution is -2.02. The maximum Gasteiger partial charge on any atom is 0.183 e. The Morgan fingerprint density at radius 3 is 3.27 bits per heavy atom. The summed E-state index contributed by atoms with van der Waals surface area (Å²) in [7, 11) is 1.61. The predicted octanol–water partition coefficient (Wildman–Crippen LogP) is 1.50. The van der Waals surface area contributed by atoms with Crippen molar-refractivity contribution in [1.82, 2.24) is 0 Å². The molecule has 1 aliphatic heterocycles. The van der Waals surface area contributed by atoms with E-state index < -0.39 is 0 Å². The van der Waals surface area contributed by atoms with Crippen molar-refractivity contribution < 1.29 is 4.74 Å². The maximum absolute atomic E-state index is 8.03. The standard InChI is InChI=1S/C6H10N4O/c1-11-6-3-2-5(9-6)4-8-10-7/h5H,2-4H2,1H3/t5-/m0/s1. The molecular weight excluding hydrogens is 144 g/mol. The zero-order valence-electron chi connectivity index (χ0n) is 6.40. The predicted molar refractivity (Wildman–Crippen MR) is 41.5 cm³/mol. The monoisotopic (exact) mass is 154 g/mol. The van der Waals surface area contributed by atoms with E-state index in [1.165, 1.54) is 0 Å². The Bertz CT molecular complexity index is 207. The fourth-order valence-electron chi connectivity index (χ4n) is 1.04. The summed E-state index contributed by atoms with van der Waals surface area (Å²) in [5, 5.41) is 3.44. The van der Waals surface area contributed by atoms with Crippen LogP contribution in [0.15, 0.2) is 10.1 Å². The van der Waals surface area contributed by atoms with Crippen LogP contribution in [0.2, 0.25) is 0 Å². The molecule has 0 fully saturated rings. The van der Waals surface area contributed by atoms with Gasteiger partial charge in [0.15, 0.2) is 5.90 Å². The van der Waals surface area contributed by atoms with Gasteiger partial charge in [-0.3, -0.25) is 4.99 Å². The lowest BCUT2D eigenvalue weighted by Gasteiger charge is -1.96. The van der Waals surface area contributed by atoms with Crippen molar-refractivity contribution >= 4 is 5.90 Å². The zero-order chi connectivity index (χ0) is 8.10. The highest BCUT2D eigenvalue weighted by atomic mass is 16.5. The lowest BCUT2D eigenvalue weighted by atomic mass is 10.2. The molecule has 1 aliphatic rings. The van der Waals surface area contributed by atoms with Crippen LogP contribution in [0, 0.1) is 0 Å². The SMILES string of the molecule is COC1=N[C@H](CN=[N+]=[N-])CC1. The molecule has 0 amide bonds. The van der Waals surface area contributed by atoms with Crippen molar-refractivity contribution in [3.63, 3.8) is 0 Å². The van der Waals surface area contributed by atoms with E-state index in [1.807, 2.05) is 0 Å². The van der Waals surface area contributed by atoms with Crippen LogP contribution in [0.5, 0.6) is 0 Å². The number of nitrogens with zero attached hydrogens (tertiary/aromatic N) is 4. The fourth-order valence-corrected chi connectivity index (χ4v) is 1.04. The van der Waals surface area contributed by atoms with Gasteiger partial charge in [0.2, 0.25) is 0 Å². The van der Waals surface area contributed by atoms with Crippen LogP contribution in [0.25, 0.3) is 10.4 Å². The molecule has 1 heterocycles. The van der Waals surface area contributed by atoms with Crippen molar-refractivity contribution in [3.8, 4) is 0 Å². The van der Waals surface area contributed by atoms with Crippen molar-refractivity contribution in [2.75, 3.05) is 13.7 Å². The molecule has 5 nitrogen and oxygen atoms in total. The van der Waals surface area contributed by atoms with Gasteiger partial charge in [-0.05, 0) is 12.0 Å². The molecule has 0 N–H and O–H groups in total. The number of rotatable bonds is 2. The minimum atomic E-state index is 0.140. The number of azide groups is 1. The Kier molecular flexibility index (Phi) is 2.74. The molecule has 11 heavy (non-hydrogen) atoms. The van der Waals surface area contributed by atoms with E-state index in [1.54, 1.807) is 7.11 Å². The minimum absolute atomic E-state index is 0.140. The Labute approximate surface area is 64.7 Å². The van der Waals surface area contributed by atoms with Gasteiger partial charge in [0.25, 0.3) is 0 Å². The van der Waals surface area contributed by atoms with Crippen LogP contribution in [0.4, 0.5) is 0 Å². The first-order chi connectivity index (χ1) is 5.36. The van der Waals surface area contributed by atoms with Gasteiger partial charge in [0.05, 0.1) is 13.2 Å². The third-order valence-electron chi connectivity index (χ3n) is 1.61. The van der Waals surface area contributed by atoms with Gasteiger partial charge in [-0.2, -0.15) is 0 Å². The second-order valence-electron chi connectivity index (χ2n) is 2.33. The van der Waals surface area contributed by atoms with E-state index in [4.69, 9.17) is 10.3 Å². The summed E-state index contributed by atoms with van der Waals surface area (Å²) in [5.41, 5.74) is 8.03. The molecule has 1 atom stereocenters. The van der Waals surface area contributed by atoms with Gasteiger partial charge in [-0.25, -0.2) is 0 Å². The third kappa shape index (κ3) is 2.13.